The standard InChI is InChI=1S/C15H15N5O/c1-9-6-7-17-8-12(9)20-14-11(5-4-10(2)18-14)13(16-3)19-15(20)21/h4-8H,1-3H3,(H,16,19,21). The highest BCUT2D eigenvalue weighted by atomic mass is 16.1. The minimum Gasteiger partial charge on any atom is -0.372 e. The van der Waals surface area contributed by atoms with Crippen molar-refractivity contribution in [1.82, 2.24) is 19.5 Å². The molecule has 0 saturated carbocycles. The SMILES string of the molecule is CNc1nc(=O)n(-c2cnccc2C)c2nc(C)ccc12. The van der Waals surface area contributed by atoms with E-state index < -0.39 is 0 Å². The first-order chi connectivity index (χ1) is 10.1. The maximum atomic E-state index is 12.4. The van der Waals surface area contributed by atoms with Crippen LogP contribution in [-0.2, 0) is 0 Å². The molecule has 0 bridgehead atoms. The van der Waals surface area contributed by atoms with Crippen LogP contribution in [0.1, 0.15) is 11.3 Å². The van der Waals surface area contributed by atoms with Gasteiger partial charge in [-0.05, 0) is 37.6 Å². The number of hydrogen-bond acceptors (Lipinski definition) is 5. The molecular weight excluding hydrogens is 266 g/mol. The average Bonchev–Trinajstić information content (AvgIpc) is 2.47. The van der Waals surface area contributed by atoms with Crippen molar-refractivity contribution in [3.05, 3.63) is 52.3 Å². The summed E-state index contributed by atoms with van der Waals surface area (Å²) in [5.41, 5.74) is 2.68. The molecule has 0 spiro atoms. The van der Waals surface area contributed by atoms with Crippen LogP contribution >= 0.6 is 0 Å². The van der Waals surface area contributed by atoms with Crippen molar-refractivity contribution in [2.45, 2.75) is 13.8 Å². The zero-order valence-corrected chi connectivity index (χ0v) is 12.1. The van der Waals surface area contributed by atoms with Crippen molar-refractivity contribution in [3.8, 4) is 5.69 Å². The molecule has 0 aromatic carbocycles. The number of aromatic nitrogens is 4. The van der Waals surface area contributed by atoms with Crippen LogP contribution in [-0.4, -0.2) is 26.6 Å². The Bertz CT molecular complexity index is 885. The number of rotatable bonds is 2. The van der Waals surface area contributed by atoms with Crippen molar-refractivity contribution in [2.24, 2.45) is 0 Å². The molecule has 3 heterocycles. The molecule has 3 aromatic heterocycles. The molecule has 0 saturated heterocycles. The normalized spacial score (nSPS) is 10.8. The van der Waals surface area contributed by atoms with E-state index in [1.807, 2.05) is 32.0 Å². The first-order valence-electron chi connectivity index (χ1n) is 6.61. The van der Waals surface area contributed by atoms with Crippen molar-refractivity contribution >= 4 is 16.9 Å². The number of anilines is 1. The van der Waals surface area contributed by atoms with Crippen molar-refractivity contribution in [1.29, 1.82) is 0 Å². The largest absolute Gasteiger partial charge is 0.372 e. The molecule has 0 unspecified atom stereocenters. The molecule has 1 N–H and O–H groups in total. The molecule has 0 amide bonds. The van der Waals surface area contributed by atoms with Gasteiger partial charge < -0.3 is 5.32 Å². The molecule has 0 atom stereocenters. The number of fused-ring (bicyclic) bond motifs is 1. The molecule has 21 heavy (non-hydrogen) atoms. The second-order valence-electron chi connectivity index (χ2n) is 4.81. The van der Waals surface area contributed by atoms with E-state index in [1.54, 1.807) is 19.4 Å². The van der Waals surface area contributed by atoms with Gasteiger partial charge in [0.25, 0.3) is 0 Å². The van der Waals surface area contributed by atoms with E-state index >= 15 is 0 Å². The maximum Gasteiger partial charge on any atom is 0.355 e. The monoisotopic (exact) mass is 281 g/mol. The molecule has 3 aromatic rings. The molecule has 106 valence electrons. The summed E-state index contributed by atoms with van der Waals surface area (Å²) in [6.07, 6.45) is 3.35. The topological polar surface area (TPSA) is 72.7 Å². The lowest BCUT2D eigenvalue weighted by molar-refractivity contribution is 0.922. The Morgan fingerprint density at radius 2 is 1.95 bits per heavy atom. The van der Waals surface area contributed by atoms with Gasteiger partial charge in [0, 0.05) is 18.9 Å². The zero-order valence-electron chi connectivity index (χ0n) is 12.1. The van der Waals surface area contributed by atoms with Crippen LogP contribution in [0.2, 0.25) is 0 Å². The minimum atomic E-state index is -0.374. The van der Waals surface area contributed by atoms with E-state index in [0.717, 1.165) is 16.6 Å². The highest BCUT2D eigenvalue weighted by Crippen LogP contribution is 2.21. The van der Waals surface area contributed by atoms with Crippen molar-refractivity contribution in [2.75, 3.05) is 12.4 Å². The summed E-state index contributed by atoms with van der Waals surface area (Å²) in [7, 11) is 1.74. The van der Waals surface area contributed by atoms with Gasteiger partial charge in [0.1, 0.15) is 5.82 Å². The highest BCUT2D eigenvalue weighted by molar-refractivity contribution is 5.87. The van der Waals surface area contributed by atoms with Crippen molar-refractivity contribution < 1.29 is 0 Å². The molecule has 0 radical (unpaired) electrons. The van der Waals surface area contributed by atoms with Crippen LogP contribution < -0.4 is 11.0 Å². The van der Waals surface area contributed by atoms with Crippen LogP contribution in [0.25, 0.3) is 16.7 Å². The van der Waals surface area contributed by atoms with Gasteiger partial charge in [-0.25, -0.2) is 14.3 Å². The summed E-state index contributed by atoms with van der Waals surface area (Å²) in [6.45, 7) is 3.82. The fourth-order valence-corrected chi connectivity index (χ4v) is 2.29. The van der Waals surface area contributed by atoms with Crippen LogP contribution in [0, 0.1) is 13.8 Å². The van der Waals surface area contributed by atoms with E-state index in [-0.39, 0.29) is 5.69 Å². The van der Waals surface area contributed by atoms with E-state index in [1.165, 1.54) is 4.57 Å². The second-order valence-corrected chi connectivity index (χ2v) is 4.81. The van der Waals surface area contributed by atoms with Crippen LogP contribution in [0.15, 0.2) is 35.4 Å². The van der Waals surface area contributed by atoms with Gasteiger partial charge >= 0.3 is 5.69 Å². The lowest BCUT2D eigenvalue weighted by Crippen LogP contribution is -2.24. The summed E-state index contributed by atoms with van der Waals surface area (Å²) in [4.78, 5) is 25.1. The quantitative estimate of drug-likeness (QED) is 0.776. The molecule has 6 nitrogen and oxygen atoms in total. The van der Waals surface area contributed by atoms with Gasteiger partial charge in [-0.2, -0.15) is 4.98 Å². The summed E-state index contributed by atoms with van der Waals surface area (Å²) in [5, 5.41) is 3.74. The van der Waals surface area contributed by atoms with Gasteiger partial charge in [0.15, 0.2) is 5.65 Å². The van der Waals surface area contributed by atoms with E-state index in [2.05, 4.69) is 20.3 Å². The molecule has 0 aliphatic carbocycles. The lowest BCUT2D eigenvalue weighted by atomic mass is 10.2. The maximum absolute atomic E-state index is 12.4. The van der Waals surface area contributed by atoms with Gasteiger partial charge in [-0.3, -0.25) is 4.98 Å². The molecule has 6 heteroatoms. The number of pyridine rings is 2. The van der Waals surface area contributed by atoms with Gasteiger partial charge in [0.05, 0.1) is 17.3 Å². The predicted molar refractivity (Wildman–Crippen MR) is 82.0 cm³/mol. The second kappa shape index (κ2) is 4.97. The zero-order chi connectivity index (χ0) is 15.0. The molecule has 3 rings (SSSR count). The fourth-order valence-electron chi connectivity index (χ4n) is 2.29. The van der Waals surface area contributed by atoms with Crippen LogP contribution in [0.4, 0.5) is 5.82 Å². The molecule has 0 aliphatic heterocycles. The van der Waals surface area contributed by atoms with E-state index in [4.69, 9.17) is 0 Å². The summed E-state index contributed by atoms with van der Waals surface area (Å²) >= 11 is 0. The van der Waals surface area contributed by atoms with Gasteiger partial charge in [-0.1, -0.05) is 0 Å². The van der Waals surface area contributed by atoms with Gasteiger partial charge in [0.2, 0.25) is 0 Å². The Hall–Kier alpha value is -2.76. The van der Waals surface area contributed by atoms with Crippen LogP contribution in [0.3, 0.4) is 0 Å². The fraction of sp³-hybridized carbons (Fsp3) is 0.200. The summed E-state index contributed by atoms with van der Waals surface area (Å²) < 4.78 is 1.51. The first-order valence-corrected chi connectivity index (χ1v) is 6.61. The molecule has 0 aliphatic rings. The van der Waals surface area contributed by atoms with E-state index in [0.29, 0.717) is 17.2 Å². The number of nitrogens with zero attached hydrogens (tertiary/aromatic N) is 4. The third-order valence-corrected chi connectivity index (χ3v) is 3.37. The van der Waals surface area contributed by atoms with Gasteiger partial charge in [-0.15, -0.1) is 0 Å². The Kier molecular flexibility index (Phi) is 3.13. The van der Waals surface area contributed by atoms with E-state index in [9.17, 15) is 4.79 Å². The Balaban J connectivity index is 2.48. The predicted octanol–water partition coefficient (Wildman–Crippen LogP) is 1.83. The molecular formula is C15H15N5O. The Morgan fingerprint density at radius 1 is 1.14 bits per heavy atom. The number of nitrogens with one attached hydrogen (secondary N) is 1. The first kappa shape index (κ1) is 13.2. The third kappa shape index (κ3) is 2.14. The third-order valence-electron chi connectivity index (χ3n) is 3.37. The summed E-state index contributed by atoms with van der Waals surface area (Å²) in [5.74, 6) is 0.528. The lowest BCUT2D eigenvalue weighted by Gasteiger charge is -2.13. The minimum absolute atomic E-state index is 0.374. The highest BCUT2D eigenvalue weighted by Gasteiger charge is 2.14. The Morgan fingerprint density at radius 3 is 2.67 bits per heavy atom. The van der Waals surface area contributed by atoms with Crippen molar-refractivity contribution in [3.63, 3.8) is 0 Å². The number of hydrogen-bond donors (Lipinski definition) is 1. The van der Waals surface area contributed by atoms with Crippen LogP contribution in [0.5, 0.6) is 0 Å². The number of aryl methyl sites for hydroxylation is 2. The average molecular weight is 281 g/mol. The molecule has 0 fully saturated rings. The summed E-state index contributed by atoms with van der Waals surface area (Å²) in [6, 6.07) is 5.67. The Labute approximate surface area is 121 Å². The smallest absolute Gasteiger partial charge is 0.355 e.